The molecule has 1 aliphatic carbocycles. The van der Waals surface area contributed by atoms with Crippen molar-refractivity contribution in [3.63, 3.8) is 0 Å². The van der Waals surface area contributed by atoms with Crippen molar-refractivity contribution in [2.24, 2.45) is 0 Å². The van der Waals surface area contributed by atoms with Crippen LogP contribution in [0, 0.1) is 0 Å². The molecule has 2 aromatic carbocycles. The van der Waals surface area contributed by atoms with Crippen molar-refractivity contribution in [1.29, 1.82) is 0 Å². The minimum Gasteiger partial charge on any atom is -0.303 e. The Balaban J connectivity index is 1.80. The first kappa shape index (κ1) is 14.7. The van der Waals surface area contributed by atoms with Crippen molar-refractivity contribution in [3.8, 4) is 0 Å². The smallest absolute Gasteiger partial charge is 0.0578 e. The molecule has 1 nitrogen and oxygen atoms in total. The molecule has 0 aromatic heterocycles. The van der Waals surface area contributed by atoms with Crippen LogP contribution < -0.4 is 5.32 Å². The van der Waals surface area contributed by atoms with Gasteiger partial charge in [-0.2, -0.15) is 11.8 Å². The zero-order valence-corrected chi connectivity index (χ0v) is 13.4. The van der Waals surface area contributed by atoms with E-state index in [9.17, 15) is 0 Å². The monoisotopic (exact) mass is 297 g/mol. The van der Waals surface area contributed by atoms with Crippen molar-refractivity contribution in [2.45, 2.75) is 36.6 Å². The second kappa shape index (κ2) is 7.15. The van der Waals surface area contributed by atoms with Gasteiger partial charge in [0.1, 0.15) is 0 Å². The topological polar surface area (TPSA) is 12.0 Å². The predicted molar refractivity (Wildman–Crippen MR) is 92.8 cm³/mol. The molecule has 0 bridgehead atoms. The van der Waals surface area contributed by atoms with Gasteiger partial charge >= 0.3 is 0 Å². The van der Waals surface area contributed by atoms with E-state index in [4.69, 9.17) is 0 Å². The molecule has 0 radical (unpaired) electrons. The zero-order valence-electron chi connectivity index (χ0n) is 12.5. The molecule has 0 amide bonds. The number of hydrogen-bond donors (Lipinski definition) is 1. The highest BCUT2D eigenvalue weighted by Crippen LogP contribution is 2.31. The zero-order chi connectivity index (χ0) is 14.5. The van der Waals surface area contributed by atoms with E-state index in [0.29, 0.717) is 12.1 Å². The summed E-state index contributed by atoms with van der Waals surface area (Å²) in [7, 11) is 0. The maximum absolute atomic E-state index is 3.90. The van der Waals surface area contributed by atoms with E-state index in [1.54, 1.807) is 0 Å². The highest BCUT2D eigenvalue weighted by atomic mass is 32.2. The molecular weight excluding hydrogens is 274 g/mol. The molecule has 2 heteroatoms. The molecule has 21 heavy (non-hydrogen) atoms. The third kappa shape index (κ3) is 3.69. The molecule has 0 heterocycles. The van der Waals surface area contributed by atoms with Crippen molar-refractivity contribution in [3.05, 3.63) is 71.8 Å². The summed E-state index contributed by atoms with van der Waals surface area (Å²) in [6, 6.07) is 22.5. The molecule has 1 aliphatic rings. The van der Waals surface area contributed by atoms with Gasteiger partial charge in [0, 0.05) is 11.3 Å². The van der Waals surface area contributed by atoms with Crippen LogP contribution in [0.5, 0.6) is 0 Å². The first-order valence-corrected chi connectivity index (χ1v) is 9.04. The van der Waals surface area contributed by atoms with E-state index >= 15 is 0 Å². The fourth-order valence-corrected chi connectivity index (χ4v) is 4.01. The SMILES string of the molecule is CSC1CCC(NC(c2ccccc2)c2ccccc2)C1. The summed E-state index contributed by atoms with van der Waals surface area (Å²) in [6.45, 7) is 0. The van der Waals surface area contributed by atoms with Gasteiger partial charge in [0.2, 0.25) is 0 Å². The second-order valence-corrected chi connectivity index (χ2v) is 6.93. The lowest BCUT2D eigenvalue weighted by molar-refractivity contribution is 0.480. The molecule has 1 fully saturated rings. The van der Waals surface area contributed by atoms with E-state index in [2.05, 4.69) is 72.2 Å². The van der Waals surface area contributed by atoms with Crippen molar-refractivity contribution in [2.75, 3.05) is 6.26 Å². The predicted octanol–water partition coefficient (Wildman–Crippen LogP) is 4.65. The van der Waals surface area contributed by atoms with Gasteiger partial charge in [-0.3, -0.25) is 0 Å². The molecule has 1 saturated carbocycles. The Kier molecular flexibility index (Phi) is 5.00. The number of thioether (sulfide) groups is 1. The summed E-state index contributed by atoms with van der Waals surface area (Å²) in [5, 5.41) is 4.73. The molecule has 1 N–H and O–H groups in total. The fraction of sp³-hybridized carbons (Fsp3) is 0.368. The molecule has 0 spiro atoms. The van der Waals surface area contributed by atoms with Crippen LogP contribution in [-0.2, 0) is 0 Å². The Labute approximate surface area is 132 Å². The number of hydrogen-bond acceptors (Lipinski definition) is 2. The Morgan fingerprint density at radius 3 is 1.95 bits per heavy atom. The number of nitrogens with one attached hydrogen (secondary N) is 1. The molecule has 0 saturated heterocycles. The van der Waals surface area contributed by atoms with E-state index in [-0.39, 0.29) is 0 Å². The van der Waals surface area contributed by atoms with Crippen molar-refractivity contribution in [1.82, 2.24) is 5.32 Å². The number of rotatable bonds is 5. The highest BCUT2D eigenvalue weighted by molar-refractivity contribution is 7.99. The van der Waals surface area contributed by atoms with Crippen molar-refractivity contribution >= 4 is 11.8 Å². The largest absolute Gasteiger partial charge is 0.303 e. The van der Waals surface area contributed by atoms with E-state index in [1.807, 2.05) is 11.8 Å². The minimum atomic E-state index is 0.304. The second-order valence-electron chi connectivity index (χ2n) is 5.79. The Morgan fingerprint density at radius 2 is 1.48 bits per heavy atom. The number of benzene rings is 2. The molecule has 110 valence electrons. The van der Waals surface area contributed by atoms with E-state index < -0.39 is 0 Å². The summed E-state index contributed by atoms with van der Waals surface area (Å²) in [5.74, 6) is 0. The van der Waals surface area contributed by atoms with E-state index in [1.165, 1.54) is 30.4 Å². The maximum Gasteiger partial charge on any atom is 0.0578 e. The molecule has 2 unspecified atom stereocenters. The molecule has 0 aliphatic heterocycles. The normalized spacial score (nSPS) is 21.8. The Hall–Kier alpha value is -1.25. The van der Waals surface area contributed by atoms with Crippen molar-refractivity contribution < 1.29 is 0 Å². The van der Waals surface area contributed by atoms with Gasteiger partial charge in [-0.05, 0) is 36.6 Å². The lowest BCUT2D eigenvalue weighted by atomic mass is 9.97. The average molecular weight is 297 g/mol. The summed E-state index contributed by atoms with van der Waals surface area (Å²) >= 11 is 2.01. The minimum absolute atomic E-state index is 0.304. The molecule has 2 atom stereocenters. The molecule has 3 rings (SSSR count). The lowest BCUT2D eigenvalue weighted by Crippen LogP contribution is -2.31. The standard InChI is InChI=1S/C19H23NS/c1-21-18-13-12-17(14-18)20-19(15-8-4-2-5-9-15)16-10-6-3-7-11-16/h2-11,17-20H,12-14H2,1H3. The van der Waals surface area contributed by atoms with Crippen LogP contribution in [0.25, 0.3) is 0 Å². The summed E-state index contributed by atoms with van der Waals surface area (Å²) < 4.78 is 0. The maximum atomic E-state index is 3.90. The van der Waals surface area contributed by atoms with Crippen LogP contribution in [0.2, 0.25) is 0 Å². The third-order valence-corrected chi connectivity index (χ3v) is 5.48. The molecular formula is C19H23NS. The van der Waals surface area contributed by atoms with Crippen LogP contribution >= 0.6 is 11.8 Å². The highest BCUT2D eigenvalue weighted by Gasteiger charge is 2.26. The van der Waals surface area contributed by atoms with Gasteiger partial charge in [0.15, 0.2) is 0 Å². The third-order valence-electron chi connectivity index (χ3n) is 4.39. The average Bonchev–Trinajstić information content (AvgIpc) is 3.02. The fourth-order valence-electron chi connectivity index (χ4n) is 3.22. The first-order valence-electron chi connectivity index (χ1n) is 7.75. The van der Waals surface area contributed by atoms with Gasteiger partial charge in [-0.1, -0.05) is 60.7 Å². The summed E-state index contributed by atoms with van der Waals surface area (Å²) in [5.41, 5.74) is 2.72. The van der Waals surface area contributed by atoms with Gasteiger partial charge in [0.05, 0.1) is 6.04 Å². The van der Waals surface area contributed by atoms with Gasteiger partial charge < -0.3 is 5.32 Å². The Bertz CT molecular complexity index is 501. The molecule has 2 aromatic rings. The quantitative estimate of drug-likeness (QED) is 0.862. The summed E-state index contributed by atoms with van der Waals surface area (Å²) in [6.07, 6.45) is 6.16. The Morgan fingerprint density at radius 1 is 0.905 bits per heavy atom. The van der Waals surface area contributed by atoms with Gasteiger partial charge in [-0.15, -0.1) is 0 Å². The van der Waals surface area contributed by atoms with E-state index in [0.717, 1.165) is 5.25 Å². The first-order chi connectivity index (χ1) is 10.4. The lowest BCUT2D eigenvalue weighted by Gasteiger charge is -2.24. The van der Waals surface area contributed by atoms with Crippen LogP contribution in [0.4, 0.5) is 0 Å². The van der Waals surface area contributed by atoms with Gasteiger partial charge in [0.25, 0.3) is 0 Å². The van der Waals surface area contributed by atoms with Crippen LogP contribution in [0.15, 0.2) is 60.7 Å². The summed E-state index contributed by atoms with van der Waals surface area (Å²) in [4.78, 5) is 0. The van der Waals surface area contributed by atoms with Gasteiger partial charge in [-0.25, -0.2) is 0 Å². The van der Waals surface area contributed by atoms with Crippen LogP contribution in [0.3, 0.4) is 0 Å². The van der Waals surface area contributed by atoms with Crippen LogP contribution in [0.1, 0.15) is 36.4 Å². The van der Waals surface area contributed by atoms with Crippen LogP contribution in [-0.4, -0.2) is 17.5 Å².